The minimum absolute atomic E-state index is 0.0187. The molecule has 2 heterocycles. The lowest BCUT2D eigenvalue weighted by Gasteiger charge is -2.19. The summed E-state index contributed by atoms with van der Waals surface area (Å²) >= 11 is 0. The molecule has 2 amide bonds. The summed E-state index contributed by atoms with van der Waals surface area (Å²) in [7, 11) is 3.22. The number of benzene rings is 1. The molecule has 1 aromatic heterocycles. The number of carbonyl (C=O) groups is 2. The van der Waals surface area contributed by atoms with Gasteiger partial charge in [-0.15, -0.1) is 0 Å². The molecule has 2 atom stereocenters. The van der Waals surface area contributed by atoms with E-state index in [-0.39, 0.29) is 30.2 Å². The molecule has 1 fully saturated rings. The van der Waals surface area contributed by atoms with Crippen LogP contribution >= 0.6 is 0 Å². The summed E-state index contributed by atoms with van der Waals surface area (Å²) in [5.41, 5.74) is 2.22. The normalized spacial score (nSPS) is 20.9. The molecule has 2 aromatic rings. The third kappa shape index (κ3) is 3.44. The minimum Gasteiger partial charge on any atom is -0.493 e. The Labute approximate surface area is 163 Å². The molecular weight excluding hydrogens is 360 g/mol. The Kier molecular flexibility index (Phi) is 4.98. The van der Waals surface area contributed by atoms with Crippen LogP contribution in [-0.2, 0) is 22.6 Å². The van der Waals surface area contributed by atoms with Crippen LogP contribution in [0.4, 0.5) is 0 Å². The predicted molar refractivity (Wildman–Crippen MR) is 101 cm³/mol. The third-order valence-electron chi connectivity index (χ3n) is 5.55. The fraction of sp³-hybridized carbons (Fsp3) is 0.429. The number of nitrogens with zero attached hydrogens (tertiary/aromatic N) is 1. The van der Waals surface area contributed by atoms with E-state index in [0.29, 0.717) is 24.6 Å². The van der Waals surface area contributed by atoms with Crippen molar-refractivity contribution in [2.45, 2.75) is 31.8 Å². The van der Waals surface area contributed by atoms with Crippen LogP contribution in [0.2, 0.25) is 0 Å². The molecular formula is C21H24N2O5. The van der Waals surface area contributed by atoms with E-state index in [4.69, 9.17) is 13.9 Å². The summed E-state index contributed by atoms with van der Waals surface area (Å²) in [5, 5.41) is 3.13. The molecule has 0 bridgehead atoms. The molecule has 4 rings (SSSR count). The zero-order valence-electron chi connectivity index (χ0n) is 16.1. The lowest BCUT2D eigenvalue weighted by molar-refractivity contribution is -0.129. The van der Waals surface area contributed by atoms with Crippen molar-refractivity contribution in [3.8, 4) is 11.5 Å². The number of fused-ring (bicyclic) bond motifs is 1. The topological polar surface area (TPSA) is 81.0 Å². The van der Waals surface area contributed by atoms with E-state index in [1.54, 1.807) is 31.4 Å². The molecule has 0 spiro atoms. The molecule has 148 valence electrons. The number of carbonyl (C=O) groups excluding carboxylic acids is 2. The average Bonchev–Trinajstić information content (AvgIpc) is 3.43. The number of rotatable bonds is 6. The van der Waals surface area contributed by atoms with Gasteiger partial charge in [0, 0.05) is 13.0 Å². The van der Waals surface area contributed by atoms with Gasteiger partial charge in [-0.1, -0.05) is 0 Å². The Morgan fingerprint density at radius 2 is 2.07 bits per heavy atom. The van der Waals surface area contributed by atoms with Crippen molar-refractivity contribution in [2.24, 2.45) is 5.92 Å². The average molecular weight is 384 g/mol. The first-order valence-corrected chi connectivity index (χ1v) is 9.44. The van der Waals surface area contributed by atoms with Crippen LogP contribution in [0, 0.1) is 5.92 Å². The van der Waals surface area contributed by atoms with E-state index in [1.165, 1.54) is 0 Å². The van der Waals surface area contributed by atoms with Crippen LogP contribution < -0.4 is 14.8 Å². The van der Waals surface area contributed by atoms with Crippen molar-refractivity contribution in [2.75, 3.05) is 20.8 Å². The van der Waals surface area contributed by atoms with E-state index >= 15 is 0 Å². The fourth-order valence-electron chi connectivity index (χ4n) is 4.06. The maximum absolute atomic E-state index is 12.8. The summed E-state index contributed by atoms with van der Waals surface area (Å²) in [6, 6.07) is 7.47. The van der Waals surface area contributed by atoms with E-state index in [2.05, 4.69) is 5.32 Å². The molecule has 1 aliphatic carbocycles. The number of hydrogen-bond acceptors (Lipinski definition) is 5. The van der Waals surface area contributed by atoms with Gasteiger partial charge < -0.3 is 24.1 Å². The van der Waals surface area contributed by atoms with Crippen molar-refractivity contribution in [1.29, 1.82) is 0 Å². The summed E-state index contributed by atoms with van der Waals surface area (Å²) in [6.45, 7) is 0.815. The molecule has 0 saturated carbocycles. The summed E-state index contributed by atoms with van der Waals surface area (Å²) < 4.78 is 16.1. The Balaban J connectivity index is 1.42. The minimum atomic E-state index is -0.341. The zero-order valence-corrected chi connectivity index (χ0v) is 16.1. The van der Waals surface area contributed by atoms with Crippen molar-refractivity contribution < 1.29 is 23.5 Å². The molecule has 7 heteroatoms. The van der Waals surface area contributed by atoms with Crippen molar-refractivity contribution in [1.82, 2.24) is 10.2 Å². The summed E-state index contributed by atoms with van der Waals surface area (Å²) in [5.74, 6) is 1.63. The number of likely N-dealkylation sites (tertiary alicyclic amines) is 1. The first-order valence-electron chi connectivity index (χ1n) is 9.44. The molecule has 2 aliphatic rings. The van der Waals surface area contributed by atoms with Crippen LogP contribution in [0.15, 0.2) is 34.9 Å². The lowest BCUT2D eigenvalue weighted by Crippen LogP contribution is -2.34. The highest BCUT2D eigenvalue weighted by molar-refractivity contribution is 5.89. The van der Waals surface area contributed by atoms with Crippen molar-refractivity contribution in [3.05, 3.63) is 47.4 Å². The highest BCUT2D eigenvalue weighted by Crippen LogP contribution is 2.39. The number of furan rings is 1. The Morgan fingerprint density at radius 1 is 1.29 bits per heavy atom. The van der Waals surface area contributed by atoms with E-state index in [9.17, 15) is 9.59 Å². The monoisotopic (exact) mass is 384 g/mol. The zero-order chi connectivity index (χ0) is 19.7. The number of nitrogens with one attached hydrogen (secondary N) is 1. The van der Waals surface area contributed by atoms with E-state index < -0.39 is 0 Å². The number of ether oxygens (including phenoxy) is 2. The number of methoxy groups -OCH3 is 2. The van der Waals surface area contributed by atoms with Gasteiger partial charge in [0.1, 0.15) is 5.76 Å². The summed E-state index contributed by atoms with van der Waals surface area (Å²) in [6.07, 6.45) is 3.52. The van der Waals surface area contributed by atoms with Gasteiger partial charge in [0.25, 0.3) is 0 Å². The Hall–Kier alpha value is -2.96. The highest BCUT2D eigenvalue weighted by Gasteiger charge is 2.36. The second-order valence-electron chi connectivity index (χ2n) is 7.26. The second kappa shape index (κ2) is 7.58. The van der Waals surface area contributed by atoms with Crippen LogP contribution in [0.25, 0.3) is 0 Å². The first kappa shape index (κ1) is 18.4. The quantitative estimate of drug-likeness (QED) is 0.827. The fourth-order valence-corrected chi connectivity index (χ4v) is 4.06. The van der Waals surface area contributed by atoms with Gasteiger partial charge in [0.2, 0.25) is 11.8 Å². The van der Waals surface area contributed by atoms with Crippen molar-refractivity contribution >= 4 is 11.8 Å². The largest absolute Gasteiger partial charge is 0.493 e. The molecule has 1 saturated heterocycles. The molecule has 28 heavy (non-hydrogen) atoms. The Bertz CT molecular complexity index is 877. The lowest BCUT2D eigenvalue weighted by atomic mass is 10.0. The van der Waals surface area contributed by atoms with Gasteiger partial charge in [-0.25, -0.2) is 0 Å². The molecule has 1 aromatic carbocycles. The van der Waals surface area contributed by atoms with Gasteiger partial charge in [-0.2, -0.15) is 0 Å². The third-order valence-corrected chi connectivity index (χ3v) is 5.55. The Morgan fingerprint density at radius 3 is 2.79 bits per heavy atom. The van der Waals surface area contributed by atoms with Gasteiger partial charge in [-0.3, -0.25) is 9.59 Å². The van der Waals surface area contributed by atoms with Crippen LogP contribution in [0.1, 0.15) is 35.8 Å². The first-order chi connectivity index (χ1) is 13.6. The van der Waals surface area contributed by atoms with E-state index in [1.807, 2.05) is 18.2 Å². The molecule has 1 N–H and O–H groups in total. The van der Waals surface area contributed by atoms with Gasteiger partial charge in [-0.05, 0) is 48.2 Å². The maximum atomic E-state index is 12.8. The SMILES string of the molecule is COc1cc2c(cc1OC)C(NC(=O)C1CC(=O)N(Cc3ccco3)C1)CC2. The molecule has 7 nitrogen and oxygen atoms in total. The van der Waals surface area contributed by atoms with Gasteiger partial charge in [0.05, 0.1) is 39.0 Å². The molecule has 1 aliphatic heterocycles. The second-order valence-corrected chi connectivity index (χ2v) is 7.26. The molecule has 2 unspecified atom stereocenters. The van der Waals surface area contributed by atoms with Gasteiger partial charge >= 0.3 is 0 Å². The number of hydrogen-bond donors (Lipinski definition) is 1. The molecule has 0 radical (unpaired) electrons. The van der Waals surface area contributed by atoms with E-state index in [0.717, 1.165) is 29.7 Å². The van der Waals surface area contributed by atoms with Gasteiger partial charge in [0.15, 0.2) is 11.5 Å². The van der Waals surface area contributed by atoms with Crippen LogP contribution in [0.5, 0.6) is 11.5 Å². The number of amides is 2. The van der Waals surface area contributed by atoms with Crippen LogP contribution in [-0.4, -0.2) is 37.5 Å². The number of aryl methyl sites for hydroxylation is 1. The maximum Gasteiger partial charge on any atom is 0.225 e. The summed E-state index contributed by atoms with van der Waals surface area (Å²) in [4.78, 5) is 26.8. The standard InChI is InChI=1S/C21H24N2O5/c1-26-18-8-13-5-6-17(16(13)10-19(18)27-2)22-21(25)14-9-20(24)23(11-14)12-15-4-3-7-28-15/h3-4,7-8,10,14,17H,5-6,9,11-12H2,1-2H3,(H,22,25). The highest BCUT2D eigenvalue weighted by atomic mass is 16.5. The predicted octanol–water partition coefficient (Wildman–Crippen LogP) is 2.45. The van der Waals surface area contributed by atoms with Crippen LogP contribution in [0.3, 0.4) is 0 Å². The smallest absolute Gasteiger partial charge is 0.225 e. The van der Waals surface area contributed by atoms with Crippen molar-refractivity contribution in [3.63, 3.8) is 0 Å².